The highest BCUT2D eigenvalue weighted by Gasteiger charge is 2.25. The molecular weight excluding hydrogens is 274 g/mol. The molecule has 2 rings (SSSR count). The molecule has 1 aromatic carbocycles. The molecule has 20 heavy (non-hydrogen) atoms. The van der Waals surface area contributed by atoms with Gasteiger partial charge in [0.05, 0.1) is 6.10 Å². The monoisotopic (exact) mass is 297 g/mol. The number of aliphatic hydroxyl groups excluding tert-OH is 1. The summed E-state index contributed by atoms with van der Waals surface area (Å²) in [4.78, 5) is 0. The van der Waals surface area contributed by atoms with E-state index < -0.39 is 0 Å². The summed E-state index contributed by atoms with van der Waals surface area (Å²) in [5, 5.41) is 14.1. The lowest BCUT2D eigenvalue weighted by Gasteiger charge is -2.29. The normalized spacial score (nSPS) is 23.1. The zero-order chi connectivity index (χ0) is 14.5. The first kappa shape index (κ1) is 15.6. The van der Waals surface area contributed by atoms with Gasteiger partial charge in [-0.1, -0.05) is 37.9 Å². The van der Waals surface area contributed by atoms with Crippen molar-refractivity contribution in [1.29, 1.82) is 0 Å². The molecule has 112 valence electrons. The first-order valence-corrected chi connectivity index (χ1v) is 7.81. The van der Waals surface area contributed by atoms with Gasteiger partial charge in [0.15, 0.2) is 0 Å². The molecule has 0 aromatic heterocycles. The number of aliphatic hydroxyl groups is 1. The molecule has 4 heteroatoms. The largest absolute Gasteiger partial charge is 0.487 e. The quantitative estimate of drug-likeness (QED) is 0.874. The Morgan fingerprint density at radius 2 is 2.10 bits per heavy atom. The van der Waals surface area contributed by atoms with E-state index in [-0.39, 0.29) is 12.2 Å². The van der Waals surface area contributed by atoms with E-state index in [1.54, 1.807) is 0 Å². The zero-order valence-electron chi connectivity index (χ0n) is 12.2. The van der Waals surface area contributed by atoms with Gasteiger partial charge in [0.2, 0.25) is 0 Å². The van der Waals surface area contributed by atoms with E-state index in [0.717, 1.165) is 37.0 Å². The molecule has 2 atom stereocenters. The smallest absolute Gasteiger partial charge is 0.125 e. The minimum atomic E-state index is -0.367. The van der Waals surface area contributed by atoms with Gasteiger partial charge in [-0.15, -0.1) is 0 Å². The van der Waals surface area contributed by atoms with Crippen LogP contribution in [0.25, 0.3) is 0 Å². The van der Waals surface area contributed by atoms with Gasteiger partial charge in [0.1, 0.15) is 11.9 Å². The highest BCUT2D eigenvalue weighted by molar-refractivity contribution is 6.31. The molecule has 1 aromatic rings. The fourth-order valence-corrected chi connectivity index (χ4v) is 2.74. The van der Waals surface area contributed by atoms with Crippen LogP contribution in [0.2, 0.25) is 5.02 Å². The topological polar surface area (TPSA) is 41.5 Å². The van der Waals surface area contributed by atoms with Crippen molar-refractivity contribution in [3.8, 4) is 5.75 Å². The van der Waals surface area contributed by atoms with Gasteiger partial charge < -0.3 is 15.2 Å². The molecule has 0 bridgehead atoms. The first-order chi connectivity index (χ1) is 9.58. The summed E-state index contributed by atoms with van der Waals surface area (Å²) in [6, 6.07) is 6.10. The van der Waals surface area contributed by atoms with Crippen LogP contribution in [0.4, 0.5) is 0 Å². The van der Waals surface area contributed by atoms with Crippen LogP contribution in [0, 0.1) is 0 Å². The van der Waals surface area contributed by atoms with Crippen molar-refractivity contribution < 1.29 is 9.84 Å². The van der Waals surface area contributed by atoms with Crippen LogP contribution in [0.15, 0.2) is 18.2 Å². The van der Waals surface area contributed by atoms with Crippen molar-refractivity contribution in [3.05, 3.63) is 28.8 Å². The van der Waals surface area contributed by atoms with Crippen molar-refractivity contribution in [2.75, 3.05) is 0 Å². The van der Waals surface area contributed by atoms with Gasteiger partial charge in [-0.3, -0.25) is 0 Å². The predicted molar refractivity (Wildman–Crippen MR) is 82.3 cm³/mol. The highest BCUT2D eigenvalue weighted by atomic mass is 35.5. The Bertz CT molecular complexity index is 436. The third-order valence-corrected chi connectivity index (χ3v) is 4.06. The third kappa shape index (κ3) is 4.11. The number of benzene rings is 1. The van der Waals surface area contributed by atoms with Crippen LogP contribution in [0.5, 0.6) is 5.75 Å². The fraction of sp³-hybridized carbons (Fsp3) is 0.625. The van der Waals surface area contributed by atoms with Crippen molar-refractivity contribution in [2.24, 2.45) is 0 Å². The average molecular weight is 298 g/mol. The van der Waals surface area contributed by atoms with E-state index in [1.807, 2.05) is 18.2 Å². The van der Waals surface area contributed by atoms with E-state index in [2.05, 4.69) is 19.2 Å². The number of nitrogens with one attached hydrogen (secondary N) is 1. The Hall–Kier alpha value is -0.770. The van der Waals surface area contributed by atoms with Crippen molar-refractivity contribution in [3.63, 3.8) is 0 Å². The lowest BCUT2D eigenvalue weighted by Crippen LogP contribution is -2.35. The summed E-state index contributed by atoms with van der Waals surface area (Å²) in [7, 11) is 0. The van der Waals surface area contributed by atoms with E-state index in [4.69, 9.17) is 16.3 Å². The van der Waals surface area contributed by atoms with Gasteiger partial charge in [-0.2, -0.15) is 0 Å². The van der Waals surface area contributed by atoms with E-state index in [0.29, 0.717) is 17.6 Å². The Balaban J connectivity index is 2.11. The highest BCUT2D eigenvalue weighted by Crippen LogP contribution is 2.30. The molecule has 2 N–H and O–H groups in total. The molecule has 2 unspecified atom stereocenters. The van der Waals surface area contributed by atoms with Crippen molar-refractivity contribution in [1.82, 2.24) is 5.32 Å². The van der Waals surface area contributed by atoms with Crippen molar-refractivity contribution in [2.45, 2.75) is 64.3 Å². The summed E-state index contributed by atoms with van der Waals surface area (Å²) in [5.41, 5.74) is 0.973. The summed E-state index contributed by atoms with van der Waals surface area (Å²) in [6.07, 6.45) is 3.45. The summed E-state index contributed by atoms with van der Waals surface area (Å²) in [5.74, 6) is 0.789. The third-order valence-electron chi connectivity index (χ3n) is 3.71. The summed E-state index contributed by atoms with van der Waals surface area (Å²) >= 11 is 6.28. The molecule has 0 saturated heterocycles. The second-order valence-corrected chi connectivity index (χ2v) is 6.17. The van der Waals surface area contributed by atoms with Crippen LogP contribution in [0.3, 0.4) is 0 Å². The molecule has 0 spiro atoms. The Morgan fingerprint density at radius 1 is 1.35 bits per heavy atom. The standard InChI is InChI=1S/C16H24ClNO2/c1-11(2)18-10-12-13(17)6-5-9-15(12)20-16-8-4-3-7-14(16)19/h5-6,9,11,14,16,18-19H,3-4,7-8,10H2,1-2H3. The molecule has 0 heterocycles. The summed E-state index contributed by atoms with van der Waals surface area (Å²) < 4.78 is 6.04. The van der Waals surface area contributed by atoms with Gasteiger partial charge >= 0.3 is 0 Å². The second kappa shape index (κ2) is 7.30. The minimum absolute atomic E-state index is 0.111. The Labute approximate surface area is 126 Å². The molecule has 1 aliphatic rings. The fourth-order valence-electron chi connectivity index (χ4n) is 2.50. The Morgan fingerprint density at radius 3 is 2.80 bits per heavy atom. The predicted octanol–water partition coefficient (Wildman–Crippen LogP) is 3.52. The average Bonchev–Trinajstić information content (AvgIpc) is 2.40. The molecular formula is C16H24ClNO2. The molecule has 0 radical (unpaired) electrons. The number of ether oxygens (including phenoxy) is 1. The van der Waals surface area contributed by atoms with E-state index in [1.165, 1.54) is 0 Å². The van der Waals surface area contributed by atoms with Crippen molar-refractivity contribution >= 4 is 11.6 Å². The molecule has 1 aliphatic carbocycles. The van der Waals surface area contributed by atoms with Gasteiger partial charge in [0, 0.05) is 23.2 Å². The molecule has 0 aliphatic heterocycles. The second-order valence-electron chi connectivity index (χ2n) is 5.76. The molecule has 3 nitrogen and oxygen atoms in total. The SMILES string of the molecule is CC(C)NCc1c(Cl)cccc1OC1CCCCC1O. The van der Waals surface area contributed by atoms with E-state index in [9.17, 15) is 5.11 Å². The lowest BCUT2D eigenvalue weighted by atomic mass is 9.95. The van der Waals surface area contributed by atoms with Gasteiger partial charge in [0.25, 0.3) is 0 Å². The number of hydrogen-bond donors (Lipinski definition) is 2. The van der Waals surface area contributed by atoms with Gasteiger partial charge in [-0.25, -0.2) is 0 Å². The van der Waals surface area contributed by atoms with Gasteiger partial charge in [-0.05, 0) is 31.4 Å². The maximum Gasteiger partial charge on any atom is 0.125 e. The number of hydrogen-bond acceptors (Lipinski definition) is 3. The van der Waals surface area contributed by atoms with Crippen LogP contribution >= 0.6 is 11.6 Å². The maximum atomic E-state index is 10.0. The summed E-state index contributed by atoms with van der Waals surface area (Å²) in [6.45, 7) is 4.88. The van der Waals surface area contributed by atoms with Crippen LogP contribution in [-0.4, -0.2) is 23.4 Å². The number of rotatable bonds is 5. The minimum Gasteiger partial charge on any atom is -0.487 e. The van der Waals surface area contributed by atoms with Crippen LogP contribution < -0.4 is 10.1 Å². The lowest BCUT2D eigenvalue weighted by molar-refractivity contribution is 0.00635. The molecule has 1 fully saturated rings. The number of halogens is 1. The molecule has 0 amide bonds. The van der Waals surface area contributed by atoms with Crippen LogP contribution in [-0.2, 0) is 6.54 Å². The Kier molecular flexibility index (Phi) is 5.70. The van der Waals surface area contributed by atoms with Crippen LogP contribution in [0.1, 0.15) is 45.1 Å². The first-order valence-electron chi connectivity index (χ1n) is 7.43. The zero-order valence-corrected chi connectivity index (χ0v) is 13.0. The maximum absolute atomic E-state index is 10.0. The van der Waals surface area contributed by atoms with E-state index >= 15 is 0 Å². The molecule has 1 saturated carbocycles.